The number of morpholine rings is 1. The fraction of sp³-hybridized carbons (Fsp3) is 0.200. The van der Waals surface area contributed by atoms with Crippen LogP contribution in [0.25, 0.3) is 11.3 Å². The number of anilines is 3. The van der Waals surface area contributed by atoms with Crippen LogP contribution in [0.1, 0.15) is 31.8 Å². The highest BCUT2D eigenvalue weighted by Crippen LogP contribution is 2.28. The van der Waals surface area contributed by atoms with Gasteiger partial charge in [-0.2, -0.15) is 5.10 Å². The second-order valence-electron chi connectivity index (χ2n) is 9.40. The van der Waals surface area contributed by atoms with Gasteiger partial charge >= 0.3 is 0 Å². The minimum atomic E-state index is -0.381. The molecule has 1 saturated heterocycles. The van der Waals surface area contributed by atoms with Gasteiger partial charge in [0.2, 0.25) is 0 Å². The Labute approximate surface area is 225 Å². The topological polar surface area (TPSA) is 116 Å². The van der Waals surface area contributed by atoms with Gasteiger partial charge in [0.15, 0.2) is 0 Å². The third-order valence-corrected chi connectivity index (χ3v) is 6.68. The van der Waals surface area contributed by atoms with Crippen molar-refractivity contribution in [3.8, 4) is 11.3 Å². The van der Waals surface area contributed by atoms with Crippen LogP contribution in [0.5, 0.6) is 0 Å². The summed E-state index contributed by atoms with van der Waals surface area (Å²) in [6.45, 7) is 6.09. The molecule has 9 nitrogen and oxygen atoms in total. The number of hydrogen-bond acceptors (Lipinski definition) is 6. The zero-order valence-corrected chi connectivity index (χ0v) is 21.8. The minimum Gasteiger partial charge on any atom is -0.378 e. The van der Waals surface area contributed by atoms with Crippen molar-refractivity contribution in [2.24, 2.45) is 0 Å². The second kappa shape index (κ2) is 11.3. The molecule has 0 bridgehead atoms. The molecule has 198 valence electrons. The van der Waals surface area contributed by atoms with E-state index in [1.165, 1.54) is 0 Å². The minimum absolute atomic E-state index is 0.0429. The van der Waals surface area contributed by atoms with Crippen molar-refractivity contribution in [3.63, 3.8) is 0 Å². The van der Waals surface area contributed by atoms with Crippen molar-refractivity contribution in [1.29, 1.82) is 0 Å². The first-order valence-corrected chi connectivity index (χ1v) is 12.7. The van der Waals surface area contributed by atoms with Crippen LogP contribution >= 0.6 is 0 Å². The van der Waals surface area contributed by atoms with Crippen LogP contribution in [0.3, 0.4) is 0 Å². The number of carbonyl (C=O) groups is 2. The number of nitrogens with one attached hydrogen (secondary N) is 3. The number of hydrogen-bond donors (Lipinski definition) is 3. The molecule has 1 aliphatic heterocycles. The summed E-state index contributed by atoms with van der Waals surface area (Å²) in [5.41, 5.74) is 5.58. The zero-order chi connectivity index (χ0) is 27.4. The Balaban J connectivity index is 1.34. The lowest BCUT2D eigenvalue weighted by Gasteiger charge is -2.26. The first-order chi connectivity index (χ1) is 18.9. The van der Waals surface area contributed by atoms with E-state index in [-0.39, 0.29) is 17.4 Å². The molecule has 1 aliphatic rings. The number of aromatic amines is 1. The Hall–Kier alpha value is -4.76. The molecule has 2 amide bonds. The van der Waals surface area contributed by atoms with E-state index in [0.717, 1.165) is 16.7 Å². The van der Waals surface area contributed by atoms with Crippen molar-refractivity contribution in [3.05, 3.63) is 105 Å². The van der Waals surface area contributed by atoms with Crippen molar-refractivity contribution in [2.75, 3.05) is 36.9 Å². The van der Waals surface area contributed by atoms with Crippen LogP contribution in [-0.2, 0) is 4.74 Å². The highest BCUT2D eigenvalue weighted by molar-refractivity contribution is 6.05. The number of nitrogens with zero attached hydrogens (tertiary/aromatic N) is 2. The third kappa shape index (κ3) is 5.89. The lowest BCUT2D eigenvalue weighted by Crippen LogP contribution is -2.40. The van der Waals surface area contributed by atoms with Crippen LogP contribution in [0.2, 0.25) is 0 Å². The second-order valence-corrected chi connectivity index (χ2v) is 9.40. The monoisotopic (exact) mass is 523 g/mol. The van der Waals surface area contributed by atoms with Crippen LogP contribution in [0.4, 0.5) is 17.1 Å². The first kappa shape index (κ1) is 25.9. The lowest BCUT2D eigenvalue weighted by atomic mass is 10.0. The van der Waals surface area contributed by atoms with Crippen LogP contribution in [0.15, 0.2) is 77.6 Å². The van der Waals surface area contributed by atoms with Crippen molar-refractivity contribution >= 4 is 28.9 Å². The SMILES string of the molecule is Cc1ccc(C(=O)Nc2cccc(-c3cc(Nc4ccc(C(=O)N5CCOCC5)cc4)c(=O)[nH]n3)c2C)cc1. The standard InChI is InChI=1S/C30H29N5O4/c1-19-6-8-21(9-7-19)28(36)32-25-5-3-4-24(20(25)2)26-18-27(29(37)34-33-26)31-23-12-10-22(11-13-23)30(38)35-14-16-39-17-15-35/h3-13,18H,14-17H2,1-2H3,(H,31,33)(H,32,36)(H,34,37). The van der Waals surface area contributed by atoms with Gasteiger partial charge in [-0.15, -0.1) is 0 Å². The smallest absolute Gasteiger partial charge is 0.287 e. The molecule has 5 rings (SSSR count). The number of amides is 2. The number of aryl methyl sites for hydroxylation is 1. The normalized spacial score (nSPS) is 13.1. The van der Waals surface area contributed by atoms with Gasteiger partial charge in [-0.1, -0.05) is 29.8 Å². The maximum absolute atomic E-state index is 12.8. The molecule has 1 fully saturated rings. The quantitative estimate of drug-likeness (QED) is 0.342. The fourth-order valence-corrected chi connectivity index (χ4v) is 4.39. The molecule has 2 heterocycles. The molecule has 4 aromatic rings. The molecule has 3 N–H and O–H groups in total. The maximum Gasteiger partial charge on any atom is 0.287 e. The summed E-state index contributed by atoms with van der Waals surface area (Å²) in [5.74, 6) is -0.249. The molecule has 0 aliphatic carbocycles. The van der Waals surface area contributed by atoms with Crippen molar-refractivity contribution in [1.82, 2.24) is 15.1 Å². The summed E-state index contributed by atoms with van der Waals surface area (Å²) in [7, 11) is 0. The van der Waals surface area contributed by atoms with Gasteiger partial charge in [-0.3, -0.25) is 14.4 Å². The Morgan fingerprint density at radius 2 is 1.59 bits per heavy atom. The third-order valence-electron chi connectivity index (χ3n) is 6.68. The van der Waals surface area contributed by atoms with Crippen molar-refractivity contribution < 1.29 is 14.3 Å². The largest absolute Gasteiger partial charge is 0.378 e. The molecule has 0 radical (unpaired) electrons. The molecule has 39 heavy (non-hydrogen) atoms. The number of benzene rings is 3. The van der Waals surface area contributed by atoms with E-state index in [4.69, 9.17) is 4.74 Å². The summed E-state index contributed by atoms with van der Waals surface area (Å²) in [4.78, 5) is 39.8. The Morgan fingerprint density at radius 3 is 2.31 bits per heavy atom. The number of H-pyrrole nitrogens is 1. The summed E-state index contributed by atoms with van der Waals surface area (Å²) in [5, 5.41) is 12.9. The lowest BCUT2D eigenvalue weighted by molar-refractivity contribution is 0.0303. The zero-order valence-electron chi connectivity index (χ0n) is 21.8. The van der Waals surface area contributed by atoms with Gasteiger partial charge in [-0.25, -0.2) is 5.10 Å². The molecule has 9 heteroatoms. The molecule has 0 spiro atoms. The highest BCUT2D eigenvalue weighted by atomic mass is 16.5. The predicted octanol–water partition coefficient (Wildman–Crippen LogP) is 4.52. The molecular formula is C30H29N5O4. The predicted molar refractivity (Wildman–Crippen MR) is 151 cm³/mol. The summed E-state index contributed by atoms with van der Waals surface area (Å²) in [6.07, 6.45) is 0. The highest BCUT2D eigenvalue weighted by Gasteiger charge is 2.18. The van der Waals surface area contributed by atoms with Crippen LogP contribution in [0, 0.1) is 13.8 Å². The average molecular weight is 524 g/mol. The molecule has 1 aromatic heterocycles. The van der Waals surface area contributed by atoms with Gasteiger partial charge in [0.05, 0.1) is 18.9 Å². The number of carbonyl (C=O) groups excluding carboxylic acids is 2. The fourth-order valence-electron chi connectivity index (χ4n) is 4.39. The molecular weight excluding hydrogens is 494 g/mol. The van der Waals surface area contributed by atoms with E-state index in [1.54, 1.807) is 47.4 Å². The van der Waals surface area contributed by atoms with Gasteiger partial charge in [0.1, 0.15) is 5.69 Å². The molecule has 0 atom stereocenters. The first-order valence-electron chi connectivity index (χ1n) is 12.7. The Kier molecular flexibility index (Phi) is 7.51. The summed E-state index contributed by atoms with van der Waals surface area (Å²) >= 11 is 0. The van der Waals surface area contributed by atoms with E-state index in [0.29, 0.717) is 60.2 Å². The van der Waals surface area contributed by atoms with E-state index in [9.17, 15) is 14.4 Å². The number of ether oxygens (including phenoxy) is 1. The molecule has 0 unspecified atom stereocenters. The Bertz CT molecular complexity index is 1560. The number of aromatic nitrogens is 2. The average Bonchev–Trinajstić information content (AvgIpc) is 2.96. The van der Waals surface area contributed by atoms with Crippen molar-refractivity contribution in [2.45, 2.75) is 13.8 Å². The van der Waals surface area contributed by atoms with Gasteiger partial charge < -0.3 is 20.3 Å². The van der Waals surface area contributed by atoms with Crippen LogP contribution < -0.4 is 16.2 Å². The van der Waals surface area contributed by atoms with Gasteiger partial charge in [0.25, 0.3) is 17.4 Å². The summed E-state index contributed by atoms with van der Waals surface area (Å²) < 4.78 is 5.32. The van der Waals surface area contributed by atoms with Gasteiger partial charge in [-0.05, 0) is 67.9 Å². The molecule has 3 aromatic carbocycles. The van der Waals surface area contributed by atoms with E-state index >= 15 is 0 Å². The molecule has 0 saturated carbocycles. The van der Waals surface area contributed by atoms with Gasteiger partial charge in [0, 0.05) is 41.2 Å². The van der Waals surface area contributed by atoms with E-state index < -0.39 is 0 Å². The number of rotatable bonds is 6. The Morgan fingerprint density at radius 1 is 0.897 bits per heavy atom. The van der Waals surface area contributed by atoms with Crippen LogP contribution in [-0.4, -0.2) is 53.2 Å². The van der Waals surface area contributed by atoms with E-state index in [1.807, 2.05) is 44.2 Å². The van der Waals surface area contributed by atoms with E-state index in [2.05, 4.69) is 20.8 Å². The maximum atomic E-state index is 12.8. The summed E-state index contributed by atoms with van der Waals surface area (Å²) in [6, 6.07) is 21.6.